The minimum Gasteiger partial charge on any atom is -0.496 e. The number of anilines is 2. The van der Waals surface area contributed by atoms with Crippen LogP contribution in [-0.4, -0.2) is 26.4 Å². The fourth-order valence-electron chi connectivity index (χ4n) is 1.96. The first-order chi connectivity index (χ1) is 10.1. The maximum absolute atomic E-state index is 12.5. The van der Waals surface area contributed by atoms with Gasteiger partial charge in [-0.2, -0.15) is 0 Å². The summed E-state index contributed by atoms with van der Waals surface area (Å²) in [6.45, 7) is 0. The van der Waals surface area contributed by atoms with Crippen molar-refractivity contribution in [1.82, 2.24) is 0 Å². The summed E-state index contributed by atoms with van der Waals surface area (Å²) in [6, 6.07) is 11.7. The molecule has 0 saturated heterocycles. The van der Waals surface area contributed by atoms with Crippen LogP contribution in [-0.2, 0) is 4.79 Å². The molecule has 0 bridgehead atoms. The number of methoxy groups -OCH3 is 1. The van der Waals surface area contributed by atoms with Crippen LogP contribution in [0.25, 0.3) is 0 Å². The lowest BCUT2D eigenvalue weighted by atomic mass is 10.0. The van der Waals surface area contributed by atoms with Crippen molar-refractivity contribution >= 4 is 23.6 Å². The van der Waals surface area contributed by atoms with Gasteiger partial charge in [0.05, 0.1) is 12.7 Å². The van der Waals surface area contributed by atoms with Crippen LogP contribution in [0, 0.1) is 0 Å². The van der Waals surface area contributed by atoms with Crippen LogP contribution in [0.3, 0.4) is 0 Å². The Labute approximate surface area is 122 Å². The quantitative estimate of drug-likeness (QED) is 0.518. The van der Waals surface area contributed by atoms with Gasteiger partial charge in [0, 0.05) is 30.1 Å². The smallest absolute Gasteiger partial charge is 0.213 e. The SMILES string of the molecule is COc1cc(N)ccc1C(=O)c1ccc(N(C)C=O)cc1. The molecular formula is C16H16N2O3. The highest BCUT2D eigenvalue weighted by Gasteiger charge is 2.15. The van der Waals surface area contributed by atoms with Gasteiger partial charge in [-0.05, 0) is 36.4 Å². The van der Waals surface area contributed by atoms with Crippen molar-refractivity contribution in [1.29, 1.82) is 0 Å². The van der Waals surface area contributed by atoms with Crippen LogP contribution < -0.4 is 15.4 Å². The predicted octanol–water partition coefficient (Wildman–Crippen LogP) is 2.10. The molecule has 108 valence electrons. The summed E-state index contributed by atoms with van der Waals surface area (Å²) in [4.78, 5) is 24.6. The first kappa shape index (κ1) is 14.6. The number of nitrogens with two attached hydrogens (primary N) is 1. The number of amides is 1. The zero-order chi connectivity index (χ0) is 15.4. The molecule has 5 heteroatoms. The summed E-state index contributed by atoms with van der Waals surface area (Å²) >= 11 is 0. The lowest BCUT2D eigenvalue weighted by Gasteiger charge is -2.12. The average molecular weight is 284 g/mol. The standard InChI is InChI=1S/C16H16N2O3/c1-18(10-19)13-6-3-11(4-7-13)16(20)14-8-5-12(17)9-15(14)21-2/h3-10H,17H2,1-2H3. The van der Waals surface area contributed by atoms with Gasteiger partial charge >= 0.3 is 0 Å². The maximum atomic E-state index is 12.5. The van der Waals surface area contributed by atoms with E-state index in [9.17, 15) is 9.59 Å². The summed E-state index contributed by atoms with van der Waals surface area (Å²) < 4.78 is 5.19. The minimum atomic E-state index is -0.160. The van der Waals surface area contributed by atoms with Gasteiger partial charge in [-0.1, -0.05) is 0 Å². The summed E-state index contributed by atoms with van der Waals surface area (Å²) in [5, 5.41) is 0. The Morgan fingerprint density at radius 1 is 1.19 bits per heavy atom. The summed E-state index contributed by atoms with van der Waals surface area (Å²) in [5.74, 6) is 0.279. The van der Waals surface area contributed by atoms with Crippen LogP contribution in [0.1, 0.15) is 15.9 Å². The number of carbonyl (C=O) groups is 2. The third-order valence-corrected chi connectivity index (χ3v) is 3.17. The molecule has 0 radical (unpaired) electrons. The van der Waals surface area contributed by atoms with Gasteiger partial charge < -0.3 is 15.4 Å². The van der Waals surface area contributed by atoms with E-state index in [1.54, 1.807) is 49.5 Å². The number of nitrogen functional groups attached to an aromatic ring is 1. The number of hydrogen-bond acceptors (Lipinski definition) is 4. The number of benzene rings is 2. The van der Waals surface area contributed by atoms with E-state index in [-0.39, 0.29) is 5.78 Å². The van der Waals surface area contributed by atoms with Crippen molar-refractivity contribution < 1.29 is 14.3 Å². The molecule has 5 nitrogen and oxygen atoms in total. The summed E-state index contributed by atoms with van der Waals surface area (Å²) in [7, 11) is 3.14. The Morgan fingerprint density at radius 2 is 1.86 bits per heavy atom. The van der Waals surface area contributed by atoms with Crippen LogP contribution in [0.2, 0.25) is 0 Å². The molecule has 1 amide bonds. The third kappa shape index (κ3) is 3.02. The van der Waals surface area contributed by atoms with Gasteiger partial charge in [-0.25, -0.2) is 0 Å². The molecule has 0 aromatic heterocycles. The second-order valence-electron chi connectivity index (χ2n) is 4.55. The maximum Gasteiger partial charge on any atom is 0.213 e. The second-order valence-corrected chi connectivity index (χ2v) is 4.55. The Hall–Kier alpha value is -2.82. The largest absolute Gasteiger partial charge is 0.496 e. The number of ether oxygens (including phenoxy) is 1. The fourth-order valence-corrected chi connectivity index (χ4v) is 1.96. The molecule has 0 unspecified atom stereocenters. The van der Waals surface area contributed by atoms with Gasteiger partial charge in [0.15, 0.2) is 5.78 Å². The fraction of sp³-hybridized carbons (Fsp3) is 0.125. The molecule has 2 aromatic carbocycles. The molecule has 0 aliphatic heterocycles. The van der Waals surface area contributed by atoms with Gasteiger partial charge in [0.2, 0.25) is 6.41 Å². The van der Waals surface area contributed by atoms with E-state index in [1.807, 2.05) is 0 Å². The number of carbonyl (C=O) groups excluding carboxylic acids is 2. The van der Waals surface area contributed by atoms with Crippen molar-refractivity contribution in [2.75, 3.05) is 24.8 Å². The number of ketones is 1. The summed E-state index contributed by atoms with van der Waals surface area (Å²) in [6.07, 6.45) is 0.708. The van der Waals surface area contributed by atoms with Gasteiger partial charge in [0.1, 0.15) is 5.75 Å². The average Bonchev–Trinajstić information content (AvgIpc) is 2.53. The highest BCUT2D eigenvalue weighted by atomic mass is 16.5. The van der Waals surface area contributed by atoms with Crippen molar-refractivity contribution in [3.05, 3.63) is 53.6 Å². The summed E-state index contributed by atoms with van der Waals surface area (Å²) in [5.41, 5.74) is 7.89. The molecule has 2 rings (SSSR count). The highest BCUT2D eigenvalue weighted by molar-refractivity contribution is 6.11. The lowest BCUT2D eigenvalue weighted by molar-refractivity contribution is -0.107. The van der Waals surface area contributed by atoms with Gasteiger partial charge in [-0.3, -0.25) is 9.59 Å². The van der Waals surface area contributed by atoms with E-state index in [0.717, 1.165) is 0 Å². The molecule has 0 saturated carbocycles. The van der Waals surface area contributed by atoms with Crippen LogP contribution in [0.15, 0.2) is 42.5 Å². The number of hydrogen-bond donors (Lipinski definition) is 1. The Balaban J connectivity index is 2.34. The van der Waals surface area contributed by atoms with E-state index in [0.29, 0.717) is 34.7 Å². The molecule has 2 N–H and O–H groups in total. The van der Waals surface area contributed by atoms with E-state index in [4.69, 9.17) is 10.5 Å². The second kappa shape index (κ2) is 6.09. The van der Waals surface area contributed by atoms with E-state index in [2.05, 4.69) is 0 Å². The molecule has 0 aliphatic carbocycles. The Kier molecular flexibility index (Phi) is 4.23. The normalized spacial score (nSPS) is 10.0. The van der Waals surface area contributed by atoms with E-state index in [1.165, 1.54) is 12.0 Å². The van der Waals surface area contributed by atoms with Crippen molar-refractivity contribution in [2.45, 2.75) is 0 Å². The third-order valence-electron chi connectivity index (χ3n) is 3.17. The van der Waals surface area contributed by atoms with Crippen LogP contribution in [0.4, 0.5) is 11.4 Å². The van der Waals surface area contributed by atoms with Gasteiger partial charge in [-0.15, -0.1) is 0 Å². The molecule has 0 aliphatic rings. The topological polar surface area (TPSA) is 72.6 Å². The molecule has 0 fully saturated rings. The minimum absolute atomic E-state index is 0.160. The molecule has 0 atom stereocenters. The van der Waals surface area contributed by atoms with Crippen molar-refractivity contribution in [3.63, 3.8) is 0 Å². The Morgan fingerprint density at radius 3 is 2.43 bits per heavy atom. The molecule has 21 heavy (non-hydrogen) atoms. The van der Waals surface area contributed by atoms with E-state index >= 15 is 0 Å². The Bertz CT molecular complexity index is 666. The van der Waals surface area contributed by atoms with Gasteiger partial charge in [0.25, 0.3) is 0 Å². The molecule has 0 heterocycles. The van der Waals surface area contributed by atoms with Crippen molar-refractivity contribution in [3.8, 4) is 5.75 Å². The van der Waals surface area contributed by atoms with Crippen molar-refractivity contribution in [2.24, 2.45) is 0 Å². The van der Waals surface area contributed by atoms with Crippen LogP contribution in [0.5, 0.6) is 5.75 Å². The lowest BCUT2D eigenvalue weighted by Crippen LogP contribution is -2.13. The molecule has 0 spiro atoms. The first-order valence-corrected chi connectivity index (χ1v) is 6.33. The number of nitrogens with zero attached hydrogens (tertiary/aromatic N) is 1. The first-order valence-electron chi connectivity index (χ1n) is 6.33. The molecular weight excluding hydrogens is 268 g/mol. The highest BCUT2D eigenvalue weighted by Crippen LogP contribution is 2.25. The predicted molar refractivity (Wildman–Crippen MR) is 81.7 cm³/mol. The van der Waals surface area contributed by atoms with Crippen LogP contribution >= 0.6 is 0 Å². The zero-order valence-electron chi connectivity index (χ0n) is 11.9. The number of rotatable bonds is 5. The zero-order valence-corrected chi connectivity index (χ0v) is 11.9. The van der Waals surface area contributed by atoms with E-state index < -0.39 is 0 Å². The molecule has 2 aromatic rings. The monoisotopic (exact) mass is 284 g/mol.